The second-order valence-electron chi connectivity index (χ2n) is 6.02. The van der Waals surface area contributed by atoms with Crippen molar-refractivity contribution in [1.29, 1.82) is 0 Å². The van der Waals surface area contributed by atoms with Crippen LogP contribution in [0.15, 0.2) is 24.5 Å². The Morgan fingerprint density at radius 2 is 1.10 bits per heavy atom. The first kappa shape index (κ1) is 20.3. The van der Waals surface area contributed by atoms with E-state index in [-0.39, 0.29) is 0 Å². The molecule has 0 saturated heterocycles. The molecule has 0 aromatic heterocycles. The summed E-state index contributed by atoms with van der Waals surface area (Å²) < 4.78 is 4.83. The SMILES string of the molecule is CCCCCCCCCCCCCCC/C=C/C=C/OC. The molecule has 1 heteroatoms. The summed E-state index contributed by atoms with van der Waals surface area (Å²) >= 11 is 0. The number of unbranched alkanes of at least 4 members (excludes halogenated alkanes) is 13. The van der Waals surface area contributed by atoms with Gasteiger partial charge in [-0.25, -0.2) is 0 Å². The number of methoxy groups -OCH3 is 1. The molecule has 124 valence electrons. The summed E-state index contributed by atoms with van der Waals surface area (Å²) in [7, 11) is 1.68. The number of hydrogen-bond acceptors (Lipinski definition) is 1. The lowest BCUT2D eigenvalue weighted by atomic mass is 10.0. The molecule has 0 saturated carbocycles. The molecule has 0 radical (unpaired) electrons. The van der Waals surface area contributed by atoms with Crippen LogP contribution >= 0.6 is 0 Å². The molecule has 21 heavy (non-hydrogen) atoms. The predicted molar refractivity (Wildman–Crippen MR) is 95.6 cm³/mol. The van der Waals surface area contributed by atoms with Gasteiger partial charge in [0.25, 0.3) is 0 Å². The molecular formula is C20H38O. The molecule has 0 aliphatic heterocycles. The van der Waals surface area contributed by atoms with E-state index in [2.05, 4.69) is 19.1 Å². The van der Waals surface area contributed by atoms with Gasteiger partial charge in [0.2, 0.25) is 0 Å². The van der Waals surface area contributed by atoms with Crippen LogP contribution in [0.3, 0.4) is 0 Å². The smallest absolute Gasteiger partial charge is 0.0824 e. The van der Waals surface area contributed by atoms with Crippen LogP contribution in [0.1, 0.15) is 96.8 Å². The summed E-state index contributed by atoms with van der Waals surface area (Å²) in [5.41, 5.74) is 0. The van der Waals surface area contributed by atoms with E-state index < -0.39 is 0 Å². The highest BCUT2D eigenvalue weighted by Gasteiger charge is 1.93. The zero-order chi connectivity index (χ0) is 15.4. The van der Waals surface area contributed by atoms with Crippen LogP contribution in [-0.2, 0) is 4.74 Å². The normalized spacial score (nSPS) is 11.7. The Kier molecular flexibility index (Phi) is 18.6. The minimum atomic E-state index is 1.20. The van der Waals surface area contributed by atoms with Crippen molar-refractivity contribution in [1.82, 2.24) is 0 Å². The van der Waals surface area contributed by atoms with Crippen molar-refractivity contribution in [3.8, 4) is 0 Å². The fourth-order valence-corrected chi connectivity index (χ4v) is 2.58. The van der Waals surface area contributed by atoms with Crippen LogP contribution in [0.4, 0.5) is 0 Å². The second-order valence-corrected chi connectivity index (χ2v) is 6.02. The number of allylic oxidation sites excluding steroid dienone is 3. The highest BCUT2D eigenvalue weighted by atomic mass is 16.5. The van der Waals surface area contributed by atoms with Crippen LogP contribution in [0.25, 0.3) is 0 Å². The van der Waals surface area contributed by atoms with Crippen molar-refractivity contribution >= 4 is 0 Å². The van der Waals surface area contributed by atoms with Gasteiger partial charge in [-0.05, 0) is 18.9 Å². The molecule has 0 aromatic rings. The Morgan fingerprint density at radius 1 is 0.619 bits per heavy atom. The quantitative estimate of drug-likeness (QED) is 0.166. The van der Waals surface area contributed by atoms with Crippen molar-refractivity contribution < 1.29 is 4.74 Å². The van der Waals surface area contributed by atoms with E-state index in [0.29, 0.717) is 0 Å². The monoisotopic (exact) mass is 294 g/mol. The number of ether oxygens (including phenoxy) is 1. The van der Waals surface area contributed by atoms with Gasteiger partial charge in [0.15, 0.2) is 0 Å². The molecule has 1 nitrogen and oxygen atoms in total. The summed E-state index contributed by atoms with van der Waals surface area (Å²) in [5, 5.41) is 0. The molecule has 0 aromatic carbocycles. The maximum Gasteiger partial charge on any atom is 0.0824 e. The van der Waals surface area contributed by atoms with Gasteiger partial charge in [0.05, 0.1) is 13.4 Å². The maximum atomic E-state index is 4.83. The topological polar surface area (TPSA) is 9.23 Å². The van der Waals surface area contributed by atoms with Gasteiger partial charge in [-0.2, -0.15) is 0 Å². The summed E-state index contributed by atoms with van der Waals surface area (Å²) in [5.74, 6) is 0. The van der Waals surface area contributed by atoms with E-state index in [1.54, 1.807) is 13.4 Å². The minimum absolute atomic E-state index is 1.20. The zero-order valence-electron chi connectivity index (χ0n) is 14.6. The van der Waals surface area contributed by atoms with Crippen molar-refractivity contribution in [2.45, 2.75) is 96.8 Å². The van der Waals surface area contributed by atoms with Gasteiger partial charge in [-0.1, -0.05) is 96.1 Å². The van der Waals surface area contributed by atoms with Gasteiger partial charge >= 0.3 is 0 Å². The van der Waals surface area contributed by atoms with Gasteiger partial charge in [0.1, 0.15) is 0 Å². The molecule has 0 rings (SSSR count). The van der Waals surface area contributed by atoms with Crippen molar-refractivity contribution in [2.75, 3.05) is 7.11 Å². The first-order chi connectivity index (χ1) is 10.4. The Bertz CT molecular complexity index is 230. The van der Waals surface area contributed by atoms with E-state index >= 15 is 0 Å². The third-order valence-corrected chi connectivity index (χ3v) is 3.94. The van der Waals surface area contributed by atoms with E-state index in [1.807, 2.05) is 6.08 Å². The predicted octanol–water partition coefficient (Wildman–Crippen LogP) is 7.18. The number of hydrogen-bond donors (Lipinski definition) is 0. The van der Waals surface area contributed by atoms with Crippen molar-refractivity contribution in [2.24, 2.45) is 0 Å². The van der Waals surface area contributed by atoms with Gasteiger partial charge < -0.3 is 4.74 Å². The van der Waals surface area contributed by atoms with Crippen LogP contribution in [-0.4, -0.2) is 7.11 Å². The lowest BCUT2D eigenvalue weighted by Crippen LogP contribution is -1.82. The highest BCUT2D eigenvalue weighted by molar-refractivity contribution is 4.99. The molecule has 0 heterocycles. The second kappa shape index (κ2) is 19.3. The molecule has 0 unspecified atom stereocenters. The molecule has 0 fully saturated rings. The van der Waals surface area contributed by atoms with Crippen molar-refractivity contribution in [3.05, 3.63) is 24.5 Å². The summed E-state index contributed by atoms with van der Waals surface area (Å²) in [6, 6.07) is 0. The molecule has 0 N–H and O–H groups in total. The summed E-state index contributed by atoms with van der Waals surface area (Å²) in [6.07, 6.45) is 27.7. The molecule has 0 aliphatic rings. The average molecular weight is 295 g/mol. The lowest BCUT2D eigenvalue weighted by molar-refractivity contribution is 0.338. The van der Waals surface area contributed by atoms with Gasteiger partial charge in [0, 0.05) is 0 Å². The molecule has 0 aliphatic carbocycles. The van der Waals surface area contributed by atoms with Crippen LogP contribution in [0.5, 0.6) is 0 Å². The fraction of sp³-hybridized carbons (Fsp3) is 0.800. The fourth-order valence-electron chi connectivity index (χ4n) is 2.58. The average Bonchev–Trinajstić information content (AvgIpc) is 2.50. The maximum absolute atomic E-state index is 4.83. The van der Waals surface area contributed by atoms with E-state index in [1.165, 1.54) is 89.9 Å². The number of rotatable bonds is 16. The molecule has 0 bridgehead atoms. The van der Waals surface area contributed by atoms with E-state index in [9.17, 15) is 0 Å². The standard InChI is InChI=1S/C20H38O/c1-3-4-5-6-7-8-9-10-11-12-13-14-15-16-17-18-19-20-21-2/h17-20H,3-16H2,1-2H3/b18-17+,20-19+. The third kappa shape index (κ3) is 19.3. The first-order valence-electron chi connectivity index (χ1n) is 9.26. The molecular weight excluding hydrogens is 256 g/mol. The van der Waals surface area contributed by atoms with Crippen LogP contribution in [0, 0.1) is 0 Å². The van der Waals surface area contributed by atoms with Crippen molar-refractivity contribution in [3.63, 3.8) is 0 Å². The van der Waals surface area contributed by atoms with E-state index in [4.69, 9.17) is 4.74 Å². The lowest BCUT2D eigenvalue weighted by Gasteiger charge is -2.02. The third-order valence-electron chi connectivity index (χ3n) is 3.94. The van der Waals surface area contributed by atoms with Gasteiger partial charge in [-0.3, -0.25) is 0 Å². The zero-order valence-corrected chi connectivity index (χ0v) is 14.6. The minimum Gasteiger partial charge on any atom is -0.504 e. The highest BCUT2D eigenvalue weighted by Crippen LogP contribution is 2.12. The Morgan fingerprint density at radius 3 is 1.57 bits per heavy atom. The van der Waals surface area contributed by atoms with Gasteiger partial charge in [-0.15, -0.1) is 0 Å². The van der Waals surface area contributed by atoms with Crippen LogP contribution < -0.4 is 0 Å². The molecule has 0 spiro atoms. The summed E-state index contributed by atoms with van der Waals surface area (Å²) in [6.45, 7) is 2.29. The van der Waals surface area contributed by atoms with Crippen LogP contribution in [0.2, 0.25) is 0 Å². The van der Waals surface area contributed by atoms with E-state index in [0.717, 1.165) is 0 Å². The molecule has 0 amide bonds. The summed E-state index contributed by atoms with van der Waals surface area (Å²) in [4.78, 5) is 0. The first-order valence-corrected chi connectivity index (χ1v) is 9.26. The Hall–Kier alpha value is -0.720. The largest absolute Gasteiger partial charge is 0.504 e. The Labute approximate surface area is 133 Å². The Balaban J connectivity index is 3.02. The molecule has 0 atom stereocenters.